The summed E-state index contributed by atoms with van der Waals surface area (Å²) in [5.41, 5.74) is 4.34. The molecule has 0 saturated carbocycles. The van der Waals surface area contributed by atoms with Crippen LogP contribution in [0.4, 0.5) is 10.5 Å². The lowest BCUT2D eigenvalue weighted by Crippen LogP contribution is -2.36. The summed E-state index contributed by atoms with van der Waals surface area (Å²) in [5, 5.41) is 9.65. The fourth-order valence-electron chi connectivity index (χ4n) is 3.27. The molecule has 2 amide bonds. The molecule has 0 spiro atoms. The minimum absolute atomic E-state index is 0. The number of guanidine groups is 1. The molecule has 0 aromatic heterocycles. The van der Waals surface area contributed by atoms with Gasteiger partial charge in [-0.2, -0.15) is 0 Å². The van der Waals surface area contributed by atoms with Gasteiger partial charge in [0, 0.05) is 31.9 Å². The number of aryl methyl sites for hydroxylation is 1. The summed E-state index contributed by atoms with van der Waals surface area (Å²) in [7, 11) is 0. The van der Waals surface area contributed by atoms with Crippen molar-refractivity contribution in [3.8, 4) is 0 Å². The Bertz CT molecular complexity index is 832. The van der Waals surface area contributed by atoms with Crippen LogP contribution in [0.25, 0.3) is 0 Å². The van der Waals surface area contributed by atoms with Crippen LogP contribution >= 0.6 is 24.0 Å². The second-order valence-electron chi connectivity index (χ2n) is 7.36. The van der Waals surface area contributed by atoms with Crippen molar-refractivity contribution < 1.29 is 4.79 Å². The molecule has 0 aliphatic carbocycles. The lowest BCUT2D eigenvalue weighted by molar-refractivity contribution is 0.222. The van der Waals surface area contributed by atoms with E-state index in [4.69, 9.17) is 0 Å². The van der Waals surface area contributed by atoms with Gasteiger partial charge in [-0.05, 0) is 49.9 Å². The van der Waals surface area contributed by atoms with Gasteiger partial charge in [-0.1, -0.05) is 42.0 Å². The van der Waals surface area contributed by atoms with E-state index >= 15 is 0 Å². The smallest absolute Gasteiger partial charge is 0.321 e. The number of urea groups is 1. The van der Waals surface area contributed by atoms with Crippen LogP contribution in [0.15, 0.2) is 53.5 Å². The van der Waals surface area contributed by atoms with Gasteiger partial charge in [-0.15, -0.1) is 24.0 Å². The molecular weight excluding hydrogens is 489 g/mol. The van der Waals surface area contributed by atoms with Gasteiger partial charge in [0.05, 0.1) is 6.54 Å². The first kappa shape index (κ1) is 24.0. The minimum Gasteiger partial charge on any atom is -0.357 e. The number of anilines is 1. The van der Waals surface area contributed by atoms with Crippen LogP contribution in [0.2, 0.25) is 0 Å². The van der Waals surface area contributed by atoms with Gasteiger partial charge >= 0.3 is 6.03 Å². The average molecular weight is 521 g/mol. The number of halogens is 1. The number of hydrogen-bond acceptors (Lipinski definition) is 2. The minimum atomic E-state index is -0.0174. The lowest BCUT2D eigenvalue weighted by Gasteiger charge is -2.16. The van der Waals surface area contributed by atoms with E-state index < -0.39 is 0 Å². The maximum atomic E-state index is 12.3. The van der Waals surface area contributed by atoms with Crippen LogP contribution in [-0.4, -0.2) is 36.5 Å². The summed E-state index contributed by atoms with van der Waals surface area (Å²) < 4.78 is 0. The molecule has 2 aromatic carbocycles. The van der Waals surface area contributed by atoms with E-state index in [9.17, 15) is 4.79 Å². The highest BCUT2D eigenvalue weighted by atomic mass is 127. The average Bonchev–Trinajstić information content (AvgIpc) is 3.27. The third kappa shape index (κ3) is 7.51. The lowest BCUT2D eigenvalue weighted by atomic mass is 10.1. The zero-order valence-corrected chi connectivity index (χ0v) is 20.1. The molecule has 1 heterocycles. The van der Waals surface area contributed by atoms with Gasteiger partial charge in [0.25, 0.3) is 0 Å². The number of carbonyl (C=O) groups excluding carboxylic acids is 1. The first-order valence-corrected chi connectivity index (χ1v) is 10.4. The molecule has 3 rings (SSSR count). The van der Waals surface area contributed by atoms with Crippen molar-refractivity contribution >= 4 is 41.7 Å². The third-order valence-electron chi connectivity index (χ3n) is 4.92. The van der Waals surface area contributed by atoms with Crippen LogP contribution in [0.1, 0.15) is 36.5 Å². The fraction of sp³-hybridized carbons (Fsp3) is 0.391. The van der Waals surface area contributed by atoms with E-state index in [1.54, 1.807) is 0 Å². The Balaban J connectivity index is 0.00000320. The topological polar surface area (TPSA) is 68.8 Å². The summed E-state index contributed by atoms with van der Waals surface area (Å²) in [4.78, 5) is 18.8. The van der Waals surface area contributed by atoms with Crippen LogP contribution in [0.3, 0.4) is 0 Å². The molecule has 1 aliphatic rings. The summed E-state index contributed by atoms with van der Waals surface area (Å²) in [6.07, 6.45) is 2.18. The Hall–Kier alpha value is -2.29. The second-order valence-corrected chi connectivity index (χ2v) is 7.36. The first-order valence-electron chi connectivity index (χ1n) is 10.4. The number of benzene rings is 2. The van der Waals surface area contributed by atoms with Gasteiger partial charge in [0.15, 0.2) is 5.96 Å². The molecule has 30 heavy (non-hydrogen) atoms. The SMILES string of the molecule is CCNC(=NCc1cccc(NC(=O)N2CCCC2)c1)NCc1ccc(C)cc1.I. The largest absolute Gasteiger partial charge is 0.357 e. The fourth-order valence-corrected chi connectivity index (χ4v) is 3.27. The monoisotopic (exact) mass is 521 g/mol. The number of likely N-dealkylation sites (tertiary alicyclic amines) is 1. The number of hydrogen-bond donors (Lipinski definition) is 3. The molecule has 3 N–H and O–H groups in total. The molecule has 7 heteroatoms. The molecule has 0 atom stereocenters. The Kier molecular flexibility index (Phi) is 9.93. The van der Waals surface area contributed by atoms with Crippen molar-refractivity contribution in [2.24, 2.45) is 4.99 Å². The van der Waals surface area contributed by atoms with Crippen molar-refractivity contribution in [1.29, 1.82) is 0 Å². The van der Waals surface area contributed by atoms with E-state index in [-0.39, 0.29) is 30.0 Å². The molecule has 1 fully saturated rings. The van der Waals surface area contributed by atoms with Gasteiger partial charge in [-0.3, -0.25) is 0 Å². The van der Waals surface area contributed by atoms with Crippen molar-refractivity contribution in [2.75, 3.05) is 25.0 Å². The first-order chi connectivity index (χ1) is 14.1. The van der Waals surface area contributed by atoms with E-state index in [0.29, 0.717) is 6.54 Å². The number of amides is 2. The van der Waals surface area contributed by atoms with Crippen molar-refractivity contribution in [2.45, 2.75) is 39.8 Å². The van der Waals surface area contributed by atoms with E-state index in [0.717, 1.165) is 56.2 Å². The molecule has 2 aromatic rings. The van der Waals surface area contributed by atoms with Crippen LogP contribution < -0.4 is 16.0 Å². The third-order valence-corrected chi connectivity index (χ3v) is 4.92. The Labute approximate surface area is 196 Å². The van der Waals surface area contributed by atoms with Gasteiger partial charge in [0.2, 0.25) is 0 Å². The standard InChI is InChI=1S/C23H31N5O.HI/c1-3-24-22(25-16-19-11-9-18(2)10-12-19)26-17-20-7-6-8-21(15-20)27-23(29)28-13-4-5-14-28;/h6-12,15H,3-5,13-14,16-17H2,1-2H3,(H,27,29)(H2,24,25,26);1H. The molecule has 0 unspecified atom stereocenters. The van der Waals surface area contributed by atoms with Crippen molar-refractivity contribution in [3.63, 3.8) is 0 Å². The van der Waals surface area contributed by atoms with Crippen molar-refractivity contribution in [3.05, 3.63) is 65.2 Å². The Morgan fingerprint density at radius 2 is 1.77 bits per heavy atom. The zero-order valence-electron chi connectivity index (χ0n) is 17.8. The predicted molar refractivity (Wildman–Crippen MR) is 135 cm³/mol. The molecular formula is C23H32IN5O. The summed E-state index contributed by atoms with van der Waals surface area (Å²) in [6, 6.07) is 16.3. The Morgan fingerprint density at radius 1 is 1.03 bits per heavy atom. The normalized spacial score (nSPS) is 13.5. The number of nitrogens with zero attached hydrogens (tertiary/aromatic N) is 2. The maximum Gasteiger partial charge on any atom is 0.321 e. The predicted octanol–water partition coefficient (Wildman–Crippen LogP) is 4.50. The van der Waals surface area contributed by atoms with E-state index in [2.05, 4.69) is 59.1 Å². The van der Waals surface area contributed by atoms with Crippen LogP contribution in [0, 0.1) is 6.92 Å². The number of aliphatic imine (C=N–C) groups is 1. The highest BCUT2D eigenvalue weighted by molar-refractivity contribution is 14.0. The van der Waals surface area contributed by atoms with E-state index in [1.807, 2.05) is 29.2 Å². The zero-order chi connectivity index (χ0) is 20.5. The van der Waals surface area contributed by atoms with Gasteiger partial charge < -0.3 is 20.9 Å². The Morgan fingerprint density at radius 3 is 2.47 bits per heavy atom. The summed E-state index contributed by atoms with van der Waals surface area (Å²) >= 11 is 0. The molecule has 1 aliphatic heterocycles. The maximum absolute atomic E-state index is 12.3. The highest BCUT2D eigenvalue weighted by Gasteiger charge is 2.17. The van der Waals surface area contributed by atoms with Gasteiger partial charge in [0.1, 0.15) is 0 Å². The van der Waals surface area contributed by atoms with Crippen molar-refractivity contribution in [1.82, 2.24) is 15.5 Å². The molecule has 6 nitrogen and oxygen atoms in total. The van der Waals surface area contributed by atoms with E-state index in [1.165, 1.54) is 11.1 Å². The highest BCUT2D eigenvalue weighted by Crippen LogP contribution is 2.14. The van der Waals surface area contributed by atoms with Crippen LogP contribution in [-0.2, 0) is 13.1 Å². The van der Waals surface area contributed by atoms with Gasteiger partial charge in [-0.25, -0.2) is 9.79 Å². The quantitative estimate of drug-likeness (QED) is 0.298. The summed E-state index contributed by atoms with van der Waals surface area (Å²) in [5.74, 6) is 0.777. The number of nitrogens with one attached hydrogen (secondary N) is 3. The molecule has 0 bridgehead atoms. The molecule has 0 radical (unpaired) electrons. The van der Waals surface area contributed by atoms with Crippen LogP contribution in [0.5, 0.6) is 0 Å². The molecule has 1 saturated heterocycles. The number of carbonyl (C=O) groups is 1. The second kappa shape index (κ2) is 12.4. The molecule has 162 valence electrons. The number of rotatable bonds is 6. The summed E-state index contributed by atoms with van der Waals surface area (Å²) in [6.45, 7) is 7.88.